The number of hydrogen-bond donors (Lipinski definition) is 1. The number of nitrogens with one attached hydrogen (secondary N) is 1. The van der Waals surface area contributed by atoms with Crippen molar-refractivity contribution < 1.29 is 9.59 Å². The van der Waals surface area contributed by atoms with E-state index in [0.717, 1.165) is 24.0 Å². The largest absolute Gasteiger partial charge is 0.317 e. The van der Waals surface area contributed by atoms with Gasteiger partial charge in [0.25, 0.3) is 11.8 Å². The number of amides is 2. The molecule has 0 fully saturated rings. The van der Waals surface area contributed by atoms with Crippen LogP contribution in [0.2, 0.25) is 0 Å². The number of nitrogens with zero attached hydrogens (tertiary/aromatic N) is 1. The summed E-state index contributed by atoms with van der Waals surface area (Å²) >= 11 is 3.31. The van der Waals surface area contributed by atoms with Crippen LogP contribution in [0.5, 0.6) is 0 Å². The molecule has 1 aliphatic heterocycles. The van der Waals surface area contributed by atoms with Crippen molar-refractivity contribution in [1.82, 2.24) is 10.2 Å². The Kier molecular flexibility index (Phi) is 4.14. The highest BCUT2D eigenvalue weighted by atomic mass is 79.9. The zero-order valence-electron chi connectivity index (χ0n) is 10.2. The molecule has 2 rings (SSSR count). The molecule has 0 radical (unpaired) electrons. The summed E-state index contributed by atoms with van der Waals surface area (Å²) in [5.41, 5.74) is 1.00. The third-order valence-electron chi connectivity index (χ3n) is 2.92. The predicted octanol–water partition coefficient (Wildman–Crippen LogP) is 2.04. The molecule has 1 aromatic carbocycles. The van der Waals surface area contributed by atoms with E-state index in [1.165, 1.54) is 4.90 Å². The molecule has 5 heteroatoms. The minimum Gasteiger partial charge on any atom is -0.317 e. The molecule has 0 atom stereocenters. The lowest BCUT2D eigenvalue weighted by Gasteiger charge is -2.13. The summed E-state index contributed by atoms with van der Waals surface area (Å²) in [5, 5.41) is 3.18. The van der Waals surface area contributed by atoms with Crippen molar-refractivity contribution in [3.05, 3.63) is 33.8 Å². The van der Waals surface area contributed by atoms with Crippen LogP contribution in [0, 0.1) is 0 Å². The van der Waals surface area contributed by atoms with E-state index < -0.39 is 0 Å². The number of hydrogen-bond acceptors (Lipinski definition) is 3. The predicted molar refractivity (Wildman–Crippen MR) is 72.7 cm³/mol. The van der Waals surface area contributed by atoms with Gasteiger partial charge in [0.15, 0.2) is 0 Å². The molecular formula is C13H15BrN2O2. The molecule has 0 unspecified atom stereocenters. The Morgan fingerprint density at radius 2 is 1.94 bits per heavy atom. The van der Waals surface area contributed by atoms with Crippen LogP contribution in [0.25, 0.3) is 0 Å². The number of carbonyl (C=O) groups is 2. The number of imide groups is 1. The molecule has 0 aliphatic carbocycles. The third-order valence-corrected chi connectivity index (χ3v) is 3.41. The molecular weight excluding hydrogens is 296 g/mol. The quantitative estimate of drug-likeness (QED) is 0.669. The van der Waals surface area contributed by atoms with Gasteiger partial charge in [-0.3, -0.25) is 14.5 Å². The highest BCUT2D eigenvalue weighted by Crippen LogP contribution is 2.25. The van der Waals surface area contributed by atoms with Crippen LogP contribution < -0.4 is 5.32 Å². The van der Waals surface area contributed by atoms with Gasteiger partial charge in [0.1, 0.15) is 0 Å². The SMILES string of the molecule is CCNCCCN1C(=O)c2ccc(Br)cc2C1=O. The molecule has 1 heterocycles. The number of benzene rings is 1. The highest BCUT2D eigenvalue weighted by molar-refractivity contribution is 9.10. The maximum Gasteiger partial charge on any atom is 0.261 e. The van der Waals surface area contributed by atoms with Gasteiger partial charge in [-0.05, 0) is 37.7 Å². The molecule has 1 N–H and O–H groups in total. The van der Waals surface area contributed by atoms with Gasteiger partial charge in [-0.15, -0.1) is 0 Å². The molecule has 2 amide bonds. The van der Waals surface area contributed by atoms with Crippen molar-refractivity contribution in [3.8, 4) is 0 Å². The van der Waals surface area contributed by atoms with E-state index in [1.54, 1.807) is 18.2 Å². The van der Waals surface area contributed by atoms with Crippen molar-refractivity contribution >= 4 is 27.7 Å². The number of halogens is 1. The number of rotatable bonds is 5. The molecule has 0 saturated carbocycles. The first kappa shape index (κ1) is 13.2. The summed E-state index contributed by atoms with van der Waals surface area (Å²) in [6.07, 6.45) is 0.778. The molecule has 4 nitrogen and oxygen atoms in total. The molecule has 0 bridgehead atoms. The summed E-state index contributed by atoms with van der Waals surface area (Å²) < 4.78 is 0.817. The van der Waals surface area contributed by atoms with E-state index in [1.807, 2.05) is 6.92 Å². The zero-order valence-corrected chi connectivity index (χ0v) is 11.8. The second kappa shape index (κ2) is 5.63. The number of carbonyl (C=O) groups excluding carboxylic acids is 2. The van der Waals surface area contributed by atoms with E-state index in [2.05, 4.69) is 21.2 Å². The van der Waals surface area contributed by atoms with E-state index in [4.69, 9.17) is 0 Å². The molecule has 0 spiro atoms. The second-order valence-electron chi connectivity index (χ2n) is 4.16. The van der Waals surface area contributed by atoms with Gasteiger partial charge in [-0.2, -0.15) is 0 Å². The van der Waals surface area contributed by atoms with Gasteiger partial charge < -0.3 is 5.32 Å². The lowest BCUT2D eigenvalue weighted by Crippen LogP contribution is -2.32. The maximum absolute atomic E-state index is 12.1. The normalized spacial score (nSPS) is 14.2. The first-order valence-corrected chi connectivity index (χ1v) is 6.81. The van der Waals surface area contributed by atoms with E-state index in [9.17, 15) is 9.59 Å². The smallest absolute Gasteiger partial charge is 0.261 e. The highest BCUT2D eigenvalue weighted by Gasteiger charge is 2.34. The minimum absolute atomic E-state index is 0.181. The Morgan fingerprint density at radius 1 is 1.22 bits per heavy atom. The molecule has 0 aromatic heterocycles. The second-order valence-corrected chi connectivity index (χ2v) is 5.07. The van der Waals surface area contributed by atoms with Gasteiger partial charge >= 0.3 is 0 Å². The Bertz CT molecular complexity index is 488. The fraction of sp³-hybridized carbons (Fsp3) is 0.385. The van der Waals surface area contributed by atoms with E-state index in [-0.39, 0.29) is 11.8 Å². The monoisotopic (exact) mass is 310 g/mol. The van der Waals surface area contributed by atoms with Crippen LogP contribution >= 0.6 is 15.9 Å². The summed E-state index contributed by atoms with van der Waals surface area (Å²) in [7, 11) is 0. The van der Waals surface area contributed by atoms with Crippen molar-refractivity contribution in [2.75, 3.05) is 19.6 Å². The Balaban J connectivity index is 2.08. The Hall–Kier alpha value is -1.20. The van der Waals surface area contributed by atoms with Gasteiger partial charge in [0, 0.05) is 11.0 Å². The average molecular weight is 311 g/mol. The number of fused-ring (bicyclic) bond motifs is 1. The zero-order chi connectivity index (χ0) is 13.1. The topological polar surface area (TPSA) is 49.4 Å². The first-order chi connectivity index (χ1) is 8.65. The Labute approximate surface area is 114 Å². The molecule has 0 saturated heterocycles. The van der Waals surface area contributed by atoms with Crippen LogP contribution in [0.3, 0.4) is 0 Å². The third kappa shape index (κ3) is 2.47. The summed E-state index contributed by atoms with van der Waals surface area (Å²) in [6, 6.07) is 5.19. The van der Waals surface area contributed by atoms with Crippen LogP contribution in [0.1, 0.15) is 34.1 Å². The van der Waals surface area contributed by atoms with Crippen molar-refractivity contribution in [2.45, 2.75) is 13.3 Å². The van der Waals surface area contributed by atoms with Crippen molar-refractivity contribution in [2.24, 2.45) is 0 Å². The molecule has 1 aromatic rings. The lowest BCUT2D eigenvalue weighted by atomic mass is 10.1. The van der Waals surface area contributed by atoms with Gasteiger partial charge in [-0.1, -0.05) is 22.9 Å². The minimum atomic E-state index is -0.187. The summed E-state index contributed by atoms with van der Waals surface area (Å²) in [5.74, 6) is -0.369. The maximum atomic E-state index is 12.1. The van der Waals surface area contributed by atoms with Gasteiger partial charge in [0.05, 0.1) is 11.1 Å². The average Bonchev–Trinajstić information content (AvgIpc) is 2.59. The van der Waals surface area contributed by atoms with Crippen LogP contribution in [-0.4, -0.2) is 36.3 Å². The Morgan fingerprint density at radius 3 is 2.67 bits per heavy atom. The van der Waals surface area contributed by atoms with E-state index >= 15 is 0 Å². The first-order valence-electron chi connectivity index (χ1n) is 6.01. The lowest BCUT2D eigenvalue weighted by molar-refractivity contribution is 0.0653. The fourth-order valence-electron chi connectivity index (χ4n) is 2.00. The summed E-state index contributed by atoms with van der Waals surface area (Å²) in [6.45, 7) is 4.21. The standard InChI is InChI=1S/C13H15BrN2O2/c1-2-15-6-3-7-16-12(17)10-5-4-9(14)8-11(10)13(16)18/h4-5,8,15H,2-3,6-7H2,1H3. The molecule has 1 aliphatic rings. The van der Waals surface area contributed by atoms with Crippen LogP contribution in [-0.2, 0) is 0 Å². The molecule has 96 valence electrons. The van der Waals surface area contributed by atoms with E-state index in [0.29, 0.717) is 17.7 Å². The molecule has 18 heavy (non-hydrogen) atoms. The summed E-state index contributed by atoms with van der Waals surface area (Å²) in [4.78, 5) is 25.5. The van der Waals surface area contributed by atoms with Crippen LogP contribution in [0.15, 0.2) is 22.7 Å². The van der Waals surface area contributed by atoms with Gasteiger partial charge in [0.2, 0.25) is 0 Å². The van der Waals surface area contributed by atoms with Gasteiger partial charge in [-0.25, -0.2) is 0 Å². The fourth-order valence-corrected chi connectivity index (χ4v) is 2.37. The van der Waals surface area contributed by atoms with Crippen molar-refractivity contribution in [1.29, 1.82) is 0 Å². The van der Waals surface area contributed by atoms with Crippen molar-refractivity contribution in [3.63, 3.8) is 0 Å². The van der Waals surface area contributed by atoms with Crippen LogP contribution in [0.4, 0.5) is 0 Å².